The molecule has 1 atom stereocenters. The Labute approximate surface area is 184 Å². The van der Waals surface area contributed by atoms with Crippen LogP contribution in [0.1, 0.15) is 34.3 Å². The highest BCUT2D eigenvalue weighted by molar-refractivity contribution is 5.94. The smallest absolute Gasteiger partial charge is 0.251 e. The number of likely N-dealkylation sites (tertiary alicyclic amines) is 1. The molecule has 1 fully saturated rings. The molecular weight excluding hydrogens is 390 g/mol. The summed E-state index contributed by atoms with van der Waals surface area (Å²) < 4.78 is 5.79. The quantitative estimate of drug-likeness (QED) is 0.648. The molecule has 1 unspecified atom stereocenters. The number of β-amino-alcohol motifs (C(OH)–C–C–N with tert-alkyl or cyclic N) is 1. The molecule has 2 aromatic rings. The molecule has 2 N–H and O–H groups in total. The summed E-state index contributed by atoms with van der Waals surface area (Å²) in [6.45, 7) is 6.52. The van der Waals surface area contributed by atoms with E-state index in [0.717, 1.165) is 31.8 Å². The van der Waals surface area contributed by atoms with Crippen LogP contribution in [-0.2, 0) is 13.0 Å². The molecule has 4 rings (SSSR count). The van der Waals surface area contributed by atoms with Gasteiger partial charge in [-0.15, -0.1) is 0 Å². The molecule has 2 aromatic carbocycles. The number of fused-ring (bicyclic) bond motifs is 1. The van der Waals surface area contributed by atoms with Crippen molar-refractivity contribution < 1.29 is 14.6 Å². The summed E-state index contributed by atoms with van der Waals surface area (Å²) in [4.78, 5) is 17.1. The topological polar surface area (TPSA) is 65.0 Å². The zero-order chi connectivity index (χ0) is 21.5. The van der Waals surface area contributed by atoms with E-state index < -0.39 is 6.10 Å². The lowest BCUT2D eigenvalue weighted by atomic mass is 10.00. The van der Waals surface area contributed by atoms with E-state index in [1.807, 2.05) is 12.1 Å². The fraction of sp³-hybridized carbons (Fsp3) is 0.480. The summed E-state index contributed by atoms with van der Waals surface area (Å²) in [7, 11) is 0. The molecule has 0 bridgehead atoms. The first-order chi connectivity index (χ1) is 15.2. The highest BCUT2D eigenvalue weighted by Crippen LogP contribution is 2.18. The number of aliphatic hydroxyl groups excluding tert-OH is 1. The van der Waals surface area contributed by atoms with Crippen molar-refractivity contribution in [3.8, 4) is 5.75 Å². The van der Waals surface area contributed by atoms with Crippen LogP contribution >= 0.6 is 0 Å². The van der Waals surface area contributed by atoms with Crippen LogP contribution in [0.4, 0.5) is 0 Å². The Balaban J connectivity index is 1.17. The van der Waals surface area contributed by atoms with Gasteiger partial charge in [-0.05, 0) is 67.7 Å². The molecule has 6 nitrogen and oxygen atoms in total. The summed E-state index contributed by atoms with van der Waals surface area (Å²) >= 11 is 0. The number of nitrogens with zero attached hydrogens (tertiary/aromatic N) is 2. The van der Waals surface area contributed by atoms with Gasteiger partial charge in [-0.2, -0.15) is 0 Å². The first kappa shape index (κ1) is 21.8. The van der Waals surface area contributed by atoms with E-state index in [-0.39, 0.29) is 12.5 Å². The van der Waals surface area contributed by atoms with Gasteiger partial charge >= 0.3 is 0 Å². The van der Waals surface area contributed by atoms with Gasteiger partial charge in [0.2, 0.25) is 0 Å². The average Bonchev–Trinajstić information content (AvgIpc) is 3.31. The van der Waals surface area contributed by atoms with Crippen LogP contribution < -0.4 is 10.1 Å². The normalized spacial score (nSPS) is 17.8. The summed E-state index contributed by atoms with van der Waals surface area (Å²) in [6, 6.07) is 15.7. The molecule has 31 heavy (non-hydrogen) atoms. The lowest BCUT2D eigenvalue weighted by molar-refractivity contribution is 0.0842. The molecule has 2 aliphatic rings. The fourth-order valence-electron chi connectivity index (χ4n) is 4.39. The second kappa shape index (κ2) is 10.8. The molecule has 6 heteroatoms. The third-order valence-corrected chi connectivity index (χ3v) is 6.17. The Morgan fingerprint density at radius 2 is 1.74 bits per heavy atom. The lowest BCUT2D eigenvalue weighted by Gasteiger charge is -2.30. The van der Waals surface area contributed by atoms with Gasteiger partial charge in [0.15, 0.2) is 0 Å². The Kier molecular flexibility index (Phi) is 7.57. The number of hydrogen-bond donors (Lipinski definition) is 2. The largest absolute Gasteiger partial charge is 0.492 e. The maximum atomic E-state index is 12.4. The summed E-state index contributed by atoms with van der Waals surface area (Å²) in [5, 5.41) is 13.2. The van der Waals surface area contributed by atoms with Gasteiger partial charge in [0.05, 0.1) is 6.10 Å². The predicted octanol–water partition coefficient (Wildman–Crippen LogP) is 2.31. The second-order valence-electron chi connectivity index (χ2n) is 8.54. The molecule has 0 aliphatic carbocycles. The van der Waals surface area contributed by atoms with Gasteiger partial charge in [0.25, 0.3) is 5.91 Å². The Morgan fingerprint density at radius 3 is 2.52 bits per heavy atom. The van der Waals surface area contributed by atoms with Gasteiger partial charge in [-0.1, -0.05) is 24.3 Å². The third kappa shape index (κ3) is 6.29. The van der Waals surface area contributed by atoms with Crippen molar-refractivity contribution in [1.29, 1.82) is 0 Å². The number of aliphatic hydroxyl groups is 1. The standard InChI is InChI=1S/C25H33N3O3/c29-23(19-28-14-11-20-5-1-2-6-22(20)18-28)17-26-25(30)21-7-9-24(10-8-21)31-16-15-27-12-3-4-13-27/h1-2,5-10,23,29H,3-4,11-19H2,(H,26,30). The first-order valence-corrected chi connectivity index (χ1v) is 11.4. The molecule has 166 valence electrons. The van der Waals surface area contributed by atoms with Crippen molar-refractivity contribution >= 4 is 5.91 Å². The number of rotatable bonds is 9. The van der Waals surface area contributed by atoms with E-state index in [2.05, 4.69) is 39.4 Å². The monoisotopic (exact) mass is 423 g/mol. The predicted molar refractivity (Wildman–Crippen MR) is 121 cm³/mol. The van der Waals surface area contributed by atoms with Crippen LogP contribution in [-0.4, -0.2) is 72.8 Å². The van der Waals surface area contributed by atoms with E-state index in [0.29, 0.717) is 18.7 Å². The number of amides is 1. The molecule has 0 aromatic heterocycles. The molecule has 1 amide bonds. The van der Waals surface area contributed by atoms with Crippen LogP contribution in [0.15, 0.2) is 48.5 Å². The Bertz CT molecular complexity index is 849. The van der Waals surface area contributed by atoms with Gasteiger partial charge in [-0.3, -0.25) is 14.6 Å². The molecule has 2 aliphatic heterocycles. The average molecular weight is 424 g/mol. The number of ether oxygens (including phenoxy) is 1. The van der Waals surface area contributed by atoms with Crippen LogP contribution in [0.3, 0.4) is 0 Å². The van der Waals surface area contributed by atoms with Crippen LogP contribution in [0.2, 0.25) is 0 Å². The van der Waals surface area contributed by atoms with Gasteiger partial charge in [0.1, 0.15) is 12.4 Å². The minimum absolute atomic E-state index is 0.174. The van der Waals surface area contributed by atoms with Crippen molar-refractivity contribution in [2.45, 2.75) is 31.9 Å². The minimum atomic E-state index is -0.595. The Morgan fingerprint density at radius 1 is 1.00 bits per heavy atom. The summed E-state index contributed by atoms with van der Waals surface area (Å²) in [5.74, 6) is 0.604. The molecule has 0 radical (unpaired) electrons. The highest BCUT2D eigenvalue weighted by Gasteiger charge is 2.19. The zero-order valence-corrected chi connectivity index (χ0v) is 18.1. The molecule has 1 saturated heterocycles. The van der Waals surface area contributed by atoms with Crippen molar-refractivity contribution in [3.05, 3.63) is 65.2 Å². The van der Waals surface area contributed by atoms with Crippen molar-refractivity contribution in [1.82, 2.24) is 15.1 Å². The lowest BCUT2D eigenvalue weighted by Crippen LogP contribution is -2.42. The fourth-order valence-corrected chi connectivity index (χ4v) is 4.39. The zero-order valence-electron chi connectivity index (χ0n) is 18.1. The van der Waals surface area contributed by atoms with Crippen molar-refractivity contribution in [2.75, 3.05) is 45.9 Å². The van der Waals surface area contributed by atoms with E-state index in [1.54, 1.807) is 12.1 Å². The van der Waals surface area contributed by atoms with E-state index >= 15 is 0 Å². The number of carbonyl (C=O) groups is 1. The van der Waals surface area contributed by atoms with E-state index in [9.17, 15) is 9.90 Å². The summed E-state index contributed by atoms with van der Waals surface area (Å²) in [6.07, 6.45) is 2.97. The summed E-state index contributed by atoms with van der Waals surface area (Å²) in [5.41, 5.74) is 3.30. The van der Waals surface area contributed by atoms with Crippen molar-refractivity contribution in [2.24, 2.45) is 0 Å². The number of benzene rings is 2. The van der Waals surface area contributed by atoms with Gasteiger partial charge < -0.3 is 15.2 Å². The number of nitrogens with one attached hydrogen (secondary N) is 1. The van der Waals surface area contributed by atoms with Gasteiger partial charge in [0, 0.05) is 38.3 Å². The Hall–Kier alpha value is -2.41. The third-order valence-electron chi connectivity index (χ3n) is 6.17. The SMILES string of the molecule is O=C(NCC(O)CN1CCc2ccccc2C1)c1ccc(OCCN2CCCC2)cc1. The molecular formula is C25H33N3O3. The molecule has 0 saturated carbocycles. The van der Waals surface area contributed by atoms with Crippen molar-refractivity contribution in [3.63, 3.8) is 0 Å². The van der Waals surface area contributed by atoms with E-state index in [1.165, 1.54) is 37.1 Å². The maximum Gasteiger partial charge on any atom is 0.251 e. The number of carbonyl (C=O) groups excluding carboxylic acids is 1. The van der Waals surface area contributed by atoms with Crippen LogP contribution in [0.25, 0.3) is 0 Å². The maximum absolute atomic E-state index is 12.4. The molecule has 0 spiro atoms. The minimum Gasteiger partial charge on any atom is -0.492 e. The number of hydrogen-bond acceptors (Lipinski definition) is 5. The first-order valence-electron chi connectivity index (χ1n) is 11.4. The van der Waals surface area contributed by atoms with Crippen LogP contribution in [0, 0.1) is 0 Å². The van der Waals surface area contributed by atoms with E-state index in [4.69, 9.17) is 4.74 Å². The van der Waals surface area contributed by atoms with Gasteiger partial charge in [-0.25, -0.2) is 0 Å². The highest BCUT2D eigenvalue weighted by atomic mass is 16.5. The van der Waals surface area contributed by atoms with Crippen LogP contribution in [0.5, 0.6) is 5.75 Å². The molecule has 2 heterocycles. The second-order valence-corrected chi connectivity index (χ2v) is 8.54.